The minimum absolute atomic E-state index is 0.0499. The van der Waals surface area contributed by atoms with E-state index in [0.29, 0.717) is 5.69 Å². The third-order valence-electron chi connectivity index (χ3n) is 2.03. The standard InChI is InChI=1S/C10H11N5O/c11-7-10(16)13-8-3-1-2-4-9(8)15-6-5-12-14-15/h1-6H,7,11H2,(H,13,16). The van der Waals surface area contributed by atoms with E-state index in [1.165, 1.54) is 0 Å². The highest BCUT2D eigenvalue weighted by atomic mass is 16.1. The quantitative estimate of drug-likeness (QED) is 0.767. The molecule has 1 aromatic heterocycles. The van der Waals surface area contributed by atoms with Crippen molar-refractivity contribution in [3.05, 3.63) is 36.7 Å². The smallest absolute Gasteiger partial charge is 0.238 e. The van der Waals surface area contributed by atoms with Crippen LogP contribution in [0.5, 0.6) is 0 Å². The maximum Gasteiger partial charge on any atom is 0.238 e. The SMILES string of the molecule is NCC(=O)Nc1ccccc1-n1ccnn1. The summed E-state index contributed by atoms with van der Waals surface area (Å²) >= 11 is 0. The molecular weight excluding hydrogens is 206 g/mol. The van der Waals surface area contributed by atoms with E-state index >= 15 is 0 Å². The molecule has 6 heteroatoms. The van der Waals surface area contributed by atoms with E-state index in [4.69, 9.17) is 5.73 Å². The van der Waals surface area contributed by atoms with Crippen LogP contribution in [0.2, 0.25) is 0 Å². The van der Waals surface area contributed by atoms with E-state index in [1.807, 2.05) is 18.2 Å². The molecule has 0 spiro atoms. The van der Waals surface area contributed by atoms with Gasteiger partial charge in [-0.15, -0.1) is 5.10 Å². The topological polar surface area (TPSA) is 85.8 Å². The van der Waals surface area contributed by atoms with Crippen molar-refractivity contribution in [3.8, 4) is 5.69 Å². The Bertz CT molecular complexity index is 480. The normalized spacial score (nSPS) is 10.1. The lowest BCUT2D eigenvalue weighted by atomic mass is 10.2. The Hall–Kier alpha value is -2.21. The summed E-state index contributed by atoms with van der Waals surface area (Å²) < 4.78 is 1.58. The maximum absolute atomic E-state index is 11.2. The molecule has 16 heavy (non-hydrogen) atoms. The largest absolute Gasteiger partial charge is 0.323 e. The van der Waals surface area contributed by atoms with Gasteiger partial charge in [-0.3, -0.25) is 4.79 Å². The summed E-state index contributed by atoms with van der Waals surface area (Å²) in [5.41, 5.74) is 6.65. The van der Waals surface area contributed by atoms with E-state index < -0.39 is 0 Å². The van der Waals surface area contributed by atoms with Crippen LogP contribution in [-0.2, 0) is 4.79 Å². The first-order chi connectivity index (χ1) is 7.81. The summed E-state index contributed by atoms with van der Waals surface area (Å²) in [6.07, 6.45) is 3.27. The Morgan fingerprint density at radius 2 is 2.25 bits per heavy atom. The fourth-order valence-electron chi connectivity index (χ4n) is 1.32. The molecule has 0 saturated heterocycles. The zero-order valence-corrected chi connectivity index (χ0v) is 8.50. The van der Waals surface area contributed by atoms with Crippen LogP contribution in [0.15, 0.2) is 36.7 Å². The first-order valence-electron chi connectivity index (χ1n) is 4.77. The fraction of sp³-hybridized carbons (Fsp3) is 0.100. The predicted molar refractivity (Wildman–Crippen MR) is 59.0 cm³/mol. The molecule has 0 radical (unpaired) electrons. The van der Waals surface area contributed by atoms with Gasteiger partial charge in [0, 0.05) is 0 Å². The Balaban J connectivity index is 2.35. The highest BCUT2D eigenvalue weighted by Crippen LogP contribution is 2.18. The third kappa shape index (κ3) is 2.06. The van der Waals surface area contributed by atoms with Crippen molar-refractivity contribution < 1.29 is 4.79 Å². The van der Waals surface area contributed by atoms with Gasteiger partial charge in [0.2, 0.25) is 5.91 Å². The average Bonchev–Trinajstić information content (AvgIpc) is 2.83. The van der Waals surface area contributed by atoms with Gasteiger partial charge < -0.3 is 11.1 Å². The molecule has 2 rings (SSSR count). The number of carbonyl (C=O) groups is 1. The highest BCUT2D eigenvalue weighted by Gasteiger charge is 2.06. The van der Waals surface area contributed by atoms with Crippen molar-refractivity contribution in [2.75, 3.05) is 11.9 Å². The fourth-order valence-corrected chi connectivity index (χ4v) is 1.32. The first-order valence-corrected chi connectivity index (χ1v) is 4.77. The molecular formula is C10H11N5O. The summed E-state index contributed by atoms with van der Waals surface area (Å²) in [6, 6.07) is 7.30. The van der Waals surface area contributed by atoms with Gasteiger partial charge in [0.25, 0.3) is 0 Å². The Morgan fingerprint density at radius 3 is 2.94 bits per heavy atom. The van der Waals surface area contributed by atoms with Crippen molar-refractivity contribution in [2.45, 2.75) is 0 Å². The number of hydrogen-bond acceptors (Lipinski definition) is 4. The highest BCUT2D eigenvalue weighted by molar-refractivity contribution is 5.94. The molecule has 1 heterocycles. The molecule has 0 aliphatic heterocycles. The number of nitrogens with one attached hydrogen (secondary N) is 1. The monoisotopic (exact) mass is 217 g/mol. The molecule has 0 aliphatic carbocycles. The zero-order chi connectivity index (χ0) is 11.4. The molecule has 82 valence electrons. The Morgan fingerprint density at radius 1 is 1.44 bits per heavy atom. The van der Waals surface area contributed by atoms with Gasteiger partial charge in [-0.2, -0.15) is 0 Å². The number of amides is 1. The Kier molecular flexibility index (Phi) is 2.93. The van der Waals surface area contributed by atoms with E-state index in [9.17, 15) is 4.79 Å². The summed E-state index contributed by atoms with van der Waals surface area (Å²) in [5.74, 6) is -0.243. The molecule has 0 saturated carbocycles. The molecule has 1 aromatic carbocycles. The van der Waals surface area contributed by atoms with E-state index in [-0.39, 0.29) is 12.5 Å². The van der Waals surface area contributed by atoms with Crippen LogP contribution >= 0.6 is 0 Å². The summed E-state index contributed by atoms with van der Waals surface area (Å²) in [5, 5.41) is 10.3. The zero-order valence-electron chi connectivity index (χ0n) is 8.50. The number of nitrogens with two attached hydrogens (primary N) is 1. The Labute approximate surface area is 92.1 Å². The van der Waals surface area contributed by atoms with Crippen molar-refractivity contribution in [3.63, 3.8) is 0 Å². The number of para-hydroxylation sites is 2. The molecule has 0 aliphatic rings. The molecule has 3 N–H and O–H groups in total. The second-order valence-electron chi connectivity index (χ2n) is 3.12. The number of benzene rings is 1. The summed E-state index contributed by atoms with van der Waals surface area (Å²) in [6.45, 7) is -0.0499. The summed E-state index contributed by atoms with van der Waals surface area (Å²) in [4.78, 5) is 11.2. The molecule has 2 aromatic rings. The van der Waals surface area contributed by atoms with Crippen LogP contribution in [0, 0.1) is 0 Å². The summed E-state index contributed by atoms with van der Waals surface area (Å²) in [7, 11) is 0. The number of rotatable bonds is 3. The van der Waals surface area contributed by atoms with Crippen LogP contribution < -0.4 is 11.1 Å². The van der Waals surface area contributed by atoms with Gasteiger partial charge in [0.05, 0.1) is 30.3 Å². The van der Waals surface area contributed by atoms with Crippen LogP contribution in [0.1, 0.15) is 0 Å². The van der Waals surface area contributed by atoms with Crippen LogP contribution in [0.25, 0.3) is 5.69 Å². The third-order valence-corrected chi connectivity index (χ3v) is 2.03. The van der Waals surface area contributed by atoms with Gasteiger partial charge in [0.15, 0.2) is 0 Å². The number of hydrogen-bond donors (Lipinski definition) is 2. The van der Waals surface area contributed by atoms with E-state index in [0.717, 1.165) is 5.69 Å². The minimum Gasteiger partial charge on any atom is -0.323 e. The lowest BCUT2D eigenvalue weighted by molar-refractivity contribution is -0.114. The first kappa shape index (κ1) is 10.3. The van der Waals surface area contributed by atoms with E-state index in [2.05, 4.69) is 15.6 Å². The van der Waals surface area contributed by atoms with E-state index in [1.54, 1.807) is 23.1 Å². The van der Waals surface area contributed by atoms with Gasteiger partial charge in [-0.1, -0.05) is 17.3 Å². The number of carbonyl (C=O) groups excluding carboxylic acids is 1. The number of nitrogens with zero attached hydrogens (tertiary/aromatic N) is 3. The van der Waals surface area contributed by atoms with Gasteiger partial charge in [0.1, 0.15) is 0 Å². The number of aromatic nitrogens is 3. The maximum atomic E-state index is 11.2. The van der Waals surface area contributed by atoms with Crippen LogP contribution in [0.4, 0.5) is 5.69 Å². The van der Waals surface area contributed by atoms with Crippen molar-refractivity contribution in [1.29, 1.82) is 0 Å². The molecule has 6 nitrogen and oxygen atoms in total. The molecule has 0 unspecified atom stereocenters. The molecule has 0 bridgehead atoms. The average molecular weight is 217 g/mol. The predicted octanol–water partition coefficient (Wildman–Crippen LogP) is 0.164. The lowest BCUT2D eigenvalue weighted by Crippen LogP contribution is -2.22. The second kappa shape index (κ2) is 4.54. The number of anilines is 1. The molecule has 0 atom stereocenters. The van der Waals surface area contributed by atoms with Crippen molar-refractivity contribution in [1.82, 2.24) is 15.0 Å². The second-order valence-corrected chi connectivity index (χ2v) is 3.12. The lowest BCUT2D eigenvalue weighted by Gasteiger charge is -2.09. The van der Waals surface area contributed by atoms with Gasteiger partial charge in [-0.25, -0.2) is 4.68 Å². The molecule has 0 fully saturated rings. The van der Waals surface area contributed by atoms with Gasteiger partial charge in [-0.05, 0) is 12.1 Å². The minimum atomic E-state index is -0.243. The van der Waals surface area contributed by atoms with Gasteiger partial charge >= 0.3 is 0 Å². The van der Waals surface area contributed by atoms with Crippen molar-refractivity contribution in [2.24, 2.45) is 5.73 Å². The van der Waals surface area contributed by atoms with Crippen molar-refractivity contribution >= 4 is 11.6 Å². The van der Waals surface area contributed by atoms with Crippen LogP contribution in [-0.4, -0.2) is 27.4 Å². The van der Waals surface area contributed by atoms with Crippen LogP contribution in [0.3, 0.4) is 0 Å². The molecule has 1 amide bonds.